The lowest BCUT2D eigenvalue weighted by atomic mass is 10.0. The number of hydrogen-bond acceptors (Lipinski definition) is 4. The number of benzene rings is 1. The molecule has 0 saturated carbocycles. The van der Waals surface area contributed by atoms with Crippen molar-refractivity contribution in [3.63, 3.8) is 0 Å². The summed E-state index contributed by atoms with van der Waals surface area (Å²) in [7, 11) is 0. The first-order valence-electron chi connectivity index (χ1n) is 10.7. The van der Waals surface area contributed by atoms with Gasteiger partial charge in [0.25, 0.3) is 0 Å². The second-order valence-corrected chi connectivity index (χ2v) is 8.03. The molecule has 3 aromatic rings. The third kappa shape index (κ3) is 6.57. The zero-order chi connectivity index (χ0) is 24.0. The van der Waals surface area contributed by atoms with E-state index in [0.29, 0.717) is 23.7 Å². The van der Waals surface area contributed by atoms with Gasteiger partial charge in [0.1, 0.15) is 5.75 Å². The summed E-state index contributed by atoms with van der Waals surface area (Å²) in [5.74, 6) is 0.139. The number of rotatable bonds is 10. The molecule has 0 saturated heterocycles. The van der Waals surface area contributed by atoms with Gasteiger partial charge in [0.15, 0.2) is 5.82 Å². The highest BCUT2D eigenvalue weighted by molar-refractivity contribution is 5.71. The van der Waals surface area contributed by atoms with Gasteiger partial charge in [-0.25, -0.2) is 9.67 Å². The first-order valence-corrected chi connectivity index (χ1v) is 10.7. The number of para-hydroxylation sites is 1. The average molecular weight is 461 g/mol. The first-order chi connectivity index (χ1) is 15.6. The van der Waals surface area contributed by atoms with Gasteiger partial charge in [0, 0.05) is 18.0 Å². The number of nitrogens with zero attached hydrogens (tertiary/aromatic N) is 3. The standard InChI is InChI=1S/C24H26F3N3O3/c1-16(2)23-18(15-30(29-23)21-11-10-19(14-28-21)24(25,26)27)8-5-6-12-33-20-9-4-3-7-17(20)13-22(31)32/h3-4,7,9-11,14-16H,5-6,8,12-13H2,1-2H3,(H,31,32). The Labute approximate surface area is 190 Å². The van der Waals surface area contributed by atoms with Crippen LogP contribution in [-0.2, 0) is 23.8 Å². The van der Waals surface area contributed by atoms with E-state index in [1.807, 2.05) is 20.0 Å². The molecular weight excluding hydrogens is 435 g/mol. The van der Waals surface area contributed by atoms with E-state index in [1.54, 1.807) is 24.3 Å². The number of aryl methyl sites for hydroxylation is 1. The number of ether oxygens (including phenoxy) is 1. The van der Waals surface area contributed by atoms with Gasteiger partial charge in [-0.3, -0.25) is 4.79 Å². The Balaban J connectivity index is 1.60. The van der Waals surface area contributed by atoms with E-state index < -0.39 is 17.7 Å². The summed E-state index contributed by atoms with van der Waals surface area (Å²) in [6.07, 6.45) is 0.397. The molecule has 2 aromatic heterocycles. The Morgan fingerprint density at radius 1 is 1.12 bits per heavy atom. The van der Waals surface area contributed by atoms with E-state index in [2.05, 4.69) is 10.1 Å². The molecule has 0 radical (unpaired) electrons. The van der Waals surface area contributed by atoms with Crippen molar-refractivity contribution in [3.8, 4) is 11.6 Å². The number of unbranched alkanes of at least 4 members (excludes halogenated alkanes) is 1. The highest BCUT2D eigenvalue weighted by atomic mass is 19.4. The number of alkyl halides is 3. The highest BCUT2D eigenvalue weighted by Crippen LogP contribution is 2.29. The van der Waals surface area contributed by atoms with Crippen LogP contribution in [0.5, 0.6) is 5.75 Å². The molecule has 1 aromatic carbocycles. The molecule has 0 unspecified atom stereocenters. The van der Waals surface area contributed by atoms with Crippen molar-refractivity contribution in [1.82, 2.24) is 14.8 Å². The molecule has 0 spiro atoms. The zero-order valence-corrected chi connectivity index (χ0v) is 18.5. The normalized spacial score (nSPS) is 11.7. The second-order valence-electron chi connectivity index (χ2n) is 8.03. The van der Waals surface area contributed by atoms with E-state index >= 15 is 0 Å². The maximum absolute atomic E-state index is 12.8. The SMILES string of the molecule is CC(C)c1nn(-c2ccc(C(F)(F)F)cn2)cc1CCCCOc1ccccc1CC(=O)O. The van der Waals surface area contributed by atoms with Crippen LogP contribution in [0.1, 0.15) is 55.0 Å². The number of pyridine rings is 1. The summed E-state index contributed by atoms with van der Waals surface area (Å²) in [5, 5.41) is 13.6. The second kappa shape index (κ2) is 10.5. The maximum Gasteiger partial charge on any atom is 0.417 e. The maximum atomic E-state index is 12.8. The van der Waals surface area contributed by atoms with Gasteiger partial charge in [0.2, 0.25) is 0 Å². The largest absolute Gasteiger partial charge is 0.493 e. The van der Waals surface area contributed by atoms with Crippen LogP contribution in [-0.4, -0.2) is 32.4 Å². The molecule has 0 aliphatic rings. The molecule has 33 heavy (non-hydrogen) atoms. The molecule has 176 valence electrons. The van der Waals surface area contributed by atoms with Crippen molar-refractivity contribution < 1.29 is 27.8 Å². The molecule has 0 aliphatic heterocycles. The number of carboxylic acids is 1. The fourth-order valence-corrected chi connectivity index (χ4v) is 3.46. The Morgan fingerprint density at radius 2 is 1.88 bits per heavy atom. The van der Waals surface area contributed by atoms with Crippen LogP contribution in [0, 0.1) is 0 Å². The van der Waals surface area contributed by atoms with Gasteiger partial charge in [0.05, 0.1) is 24.3 Å². The minimum absolute atomic E-state index is 0.0922. The lowest BCUT2D eigenvalue weighted by Gasteiger charge is -2.10. The molecule has 3 rings (SSSR count). The lowest BCUT2D eigenvalue weighted by molar-refractivity contribution is -0.138. The Kier molecular flexibility index (Phi) is 7.73. The van der Waals surface area contributed by atoms with Crippen molar-refractivity contribution in [1.29, 1.82) is 0 Å². The summed E-state index contributed by atoms with van der Waals surface area (Å²) in [6.45, 7) is 4.47. The topological polar surface area (TPSA) is 77.2 Å². The van der Waals surface area contributed by atoms with Crippen LogP contribution < -0.4 is 4.74 Å². The van der Waals surface area contributed by atoms with Crippen molar-refractivity contribution in [2.45, 2.75) is 51.6 Å². The molecule has 1 N–H and O–H groups in total. The molecule has 9 heteroatoms. The molecule has 6 nitrogen and oxygen atoms in total. The predicted octanol–water partition coefficient (Wildman–Crippen LogP) is 5.44. The smallest absolute Gasteiger partial charge is 0.417 e. The molecule has 2 heterocycles. The van der Waals surface area contributed by atoms with E-state index in [1.165, 1.54) is 10.7 Å². The summed E-state index contributed by atoms with van der Waals surface area (Å²) in [5.41, 5.74) is 1.73. The number of carboxylic acid groups (broad SMARTS) is 1. The molecule has 0 atom stereocenters. The lowest BCUT2D eigenvalue weighted by Crippen LogP contribution is -2.07. The van der Waals surface area contributed by atoms with Gasteiger partial charge in [-0.15, -0.1) is 0 Å². The minimum Gasteiger partial charge on any atom is -0.493 e. The number of hydrogen-bond donors (Lipinski definition) is 1. The van der Waals surface area contributed by atoms with Gasteiger partial charge < -0.3 is 9.84 Å². The Hall–Kier alpha value is -3.36. The van der Waals surface area contributed by atoms with E-state index in [0.717, 1.165) is 42.8 Å². The average Bonchev–Trinajstić information content (AvgIpc) is 3.18. The Morgan fingerprint density at radius 3 is 2.52 bits per heavy atom. The van der Waals surface area contributed by atoms with Gasteiger partial charge in [-0.05, 0) is 48.9 Å². The first kappa shape index (κ1) is 24.3. The summed E-state index contributed by atoms with van der Waals surface area (Å²) < 4.78 is 45.7. The van der Waals surface area contributed by atoms with Gasteiger partial charge in [-0.2, -0.15) is 18.3 Å². The summed E-state index contributed by atoms with van der Waals surface area (Å²) in [6, 6.07) is 9.39. The van der Waals surface area contributed by atoms with Crippen LogP contribution in [0.15, 0.2) is 48.8 Å². The van der Waals surface area contributed by atoms with Gasteiger partial charge in [-0.1, -0.05) is 32.0 Å². The number of aliphatic carboxylic acids is 1. The van der Waals surface area contributed by atoms with E-state index in [-0.39, 0.29) is 12.3 Å². The van der Waals surface area contributed by atoms with Gasteiger partial charge >= 0.3 is 12.1 Å². The van der Waals surface area contributed by atoms with Crippen molar-refractivity contribution >= 4 is 5.97 Å². The van der Waals surface area contributed by atoms with Crippen LogP contribution >= 0.6 is 0 Å². The monoisotopic (exact) mass is 461 g/mol. The van der Waals surface area contributed by atoms with Crippen molar-refractivity contribution in [3.05, 3.63) is 71.2 Å². The van der Waals surface area contributed by atoms with Crippen molar-refractivity contribution in [2.75, 3.05) is 6.61 Å². The molecular formula is C24H26F3N3O3. The van der Waals surface area contributed by atoms with Crippen LogP contribution in [0.25, 0.3) is 5.82 Å². The minimum atomic E-state index is -4.43. The molecule has 0 fully saturated rings. The van der Waals surface area contributed by atoms with Crippen LogP contribution in [0.4, 0.5) is 13.2 Å². The fraction of sp³-hybridized carbons (Fsp3) is 0.375. The zero-order valence-electron chi connectivity index (χ0n) is 18.5. The predicted molar refractivity (Wildman–Crippen MR) is 117 cm³/mol. The Bertz CT molecular complexity index is 1080. The molecule has 0 amide bonds. The summed E-state index contributed by atoms with van der Waals surface area (Å²) >= 11 is 0. The third-order valence-corrected chi connectivity index (χ3v) is 5.09. The van der Waals surface area contributed by atoms with Crippen molar-refractivity contribution in [2.24, 2.45) is 0 Å². The van der Waals surface area contributed by atoms with Crippen LogP contribution in [0.3, 0.4) is 0 Å². The quantitative estimate of drug-likeness (QED) is 0.407. The van der Waals surface area contributed by atoms with E-state index in [9.17, 15) is 18.0 Å². The number of aromatic nitrogens is 3. The molecule has 0 aliphatic carbocycles. The third-order valence-electron chi connectivity index (χ3n) is 5.09. The van der Waals surface area contributed by atoms with E-state index in [4.69, 9.17) is 9.84 Å². The summed E-state index contributed by atoms with van der Waals surface area (Å²) in [4.78, 5) is 14.9. The molecule has 0 bridgehead atoms. The van der Waals surface area contributed by atoms with Crippen LogP contribution in [0.2, 0.25) is 0 Å². The highest BCUT2D eigenvalue weighted by Gasteiger charge is 2.30. The number of halogens is 3. The fourth-order valence-electron chi connectivity index (χ4n) is 3.46. The number of carbonyl (C=O) groups is 1.